The molecule has 1 rings (SSSR count). The van der Waals surface area contributed by atoms with Crippen molar-refractivity contribution < 1.29 is 0 Å². The highest BCUT2D eigenvalue weighted by molar-refractivity contribution is 5.30. The van der Waals surface area contributed by atoms with Crippen LogP contribution in [0.1, 0.15) is 65.4 Å². The quantitative estimate of drug-likeness (QED) is 0.541. The first-order chi connectivity index (χ1) is 8.09. The number of unbranched alkanes of at least 4 members (excludes halogenated alkanes) is 3. The zero-order chi connectivity index (χ0) is 12.7. The van der Waals surface area contributed by atoms with Crippen molar-refractivity contribution in [2.45, 2.75) is 65.2 Å². The summed E-state index contributed by atoms with van der Waals surface area (Å²) in [5, 5.41) is 0. The van der Waals surface area contributed by atoms with E-state index in [2.05, 4.69) is 58.0 Å². The summed E-state index contributed by atoms with van der Waals surface area (Å²) >= 11 is 0. The Morgan fingerprint density at radius 2 is 1.65 bits per heavy atom. The van der Waals surface area contributed by atoms with E-state index in [1.54, 1.807) is 5.92 Å². The van der Waals surface area contributed by atoms with Crippen molar-refractivity contribution >= 4 is 0 Å². The molecule has 17 heavy (non-hydrogen) atoms. The van der Waals surface area contributed by atoms with Crippen LogP contribution in [0, 0.1) is 5.92 Å². The SMILES string of the molecule is CCCCCC[C](C)C(C)(C)c1ccccc1. The van der Waals surface area contributed by atoms with E-state index in [-0.39, 0.29) is 5.41 Å². The smallest absolute Gasteiger partial charge is 0.00443 e. The van der Waals surface area contributed by atoms with Crippen molar-refractivity contribution in [3.63, 3.8) is 0 Å². The Kier molecular flexibility index (Phi) is 5.74. The molecular weight excluding hydrogens is 204 g/mol. The molecule has 0 aliphatic rings. The maximum atomic E-state index is 2.34. The van der Waals surface area contributed by atoms with Gasteiger partial charge in [-0.3, -0.25) is 0 Å². The lowest BCUT2D eigenvalue weighted by atomic mass is 9.72. The molecule has 0 amide bonds. The summed E-state index contributed by atoms with van der Waals surface area (Å²) in [5.74, 6) is 1.61. The summed E-state index contributed by atoms with van der Waals surface area (Å²) in [6, 6.07) is 10.9. The summed E-state index contributed by atoms with van der Waals surface area (Å²) < 4.78 is 0. The minimum absolute atomic E-state index is 0.216. The van der Waals surface area contributed by atoms with Gasteiger partial charge in [-0.2, -0.15) is 0 Å². The first-order valence-electron chi connectivity index (χ1n) is 6.97. The van der Waals surface area contributed by atoms with Gasteiger partial charge < -0.3 is 0 Å². The van der Waals surface area contributed by atoms with Gasteiger partial charge in [-0.1, -0.05) is 83.7 Å². The molecule has 0 aliphatic heterocycles. The van der Waals surface area contributed by atoms with Crippen LogP contribution in [0.3, 0.4) is 0 Å². The normalized spacial score (nSPS) is 12.1. The predicted octanol–water partition coefficient (Wildman–Crippen LogP) is 5.53. The van der Waals surface area contributed by atoms with Gasteiger partial charge >= 0.3 is 0 Å². The number of hydrogen-bond acceptors (Lipinski definition) is 0. The fourth-order valence-electron chi connectivity index (χ4n) is 2.23. The zero-order valence-electron chi connectivity index (χ0n) is 11.9. The third kappa shape index (κ3) is 4.18. The van der Waals surface area contributed by atoms with E-state index < -0.39 is 0 Å². The van der Waals surface area contributed by atoms with Crippen LogP contribution in [-0.2, 0) is 5.41 Å². The number of hydrogen-bond donors (Lipinski definition) is 0. The Morgan fingerprint density at radius 1 is 1.00 bits per heavy atom. The maximum absolute atomic E-state index is 2.34. The third-order valence-electron chi connectivity index (χ3n) is 3.97. The molecular formula is C17H27. The van der Waals surface area contributed by atoms with Crippen LogP contribution in [0.5, 0.6) is 0 Å². The molecule has 0 saturated heterocycles. The van der Waals surface area contributed by atoms with Crippen LogP contribution in [0.2, 0.25) is 0 Å². The standard InChI is InChI=1S/C17H27/c1-5-6-7-9-12-15(2)17(3,4)16-13-10-8-11-14-16/h8,10-11,13-14H,5-7,9,12H2,1-4H3. The summed E-state index contributed by atoms with van der Waals surface area (Å²) in [6.45, 7) is 9.28. The van der Waals surface area contributed by atoms with Gasteiger partial charge in [0.2, 0.25) is 0 Å². The van der Waals surface area contributed by atoms with Crippen molar-refractivity contribution in [3.8, 4) is 0 Å². The summed E-state index contributed by atoms with van der Waals surface area (Å²) in [6.07, 6.45) is 6.68. The van der Waals surface area contributed by atoms with Gasteiger partial charge in [0.1, 0.15) is 0 Å². The van der Waals surface area contributed by atoms with Gasteiger partial charge in [0.05, 0.1) is 0 Å². The molecule has 0 fully saturated rings. The molecule has 0 spiro atoms. The van der Waals surface area contributed by atoms with Crippen molar-refractivity contribution in [2.24, 2.45) is 0 Å². The lowest BCUT2D eigenvalue weighted by molar-refractivity contribution is 0.488. The molecule has 0 aliphatic carbocycles. The fraction of sp³-hybridized carbons (Fsp3) is 0.588. The fourth-order valence-corrected chi connectivity index (χ4v) is 2.23. The molecule has 1 aromatic rings. The van der Waals surface area contributed by atoms with Crippen molar-refractivity contribution in [1.29, 1.82) is 0 Å². The lowest BCUT2D eigenvalue weighted by Crippen LogP contribution is -2.24. The number of benzene rings is 1. The molecule has 0 heterocycles. The van der Waals surface area contributed by atoms with E-state index in [1.165, 1.54) is 37.7 Å². The van der Waals surface area contributed by atoms with Gasteiger partial charge in [-0.25, -0.2) is 0 Å². The van der Waals surface area contributed by atoms with E-state index in [0.29, 0.717) is 0 Å². The highest BCUT2D eigenvalue weighted by Crippen LogP contribution is 2.36. The number of rotatable bonds is 7. The second-order valence-electron chi connectivity index (χ2n) is 5.58. The van der Waals surface area contributed by atoms with E-state index in [4.69, 9.17) is 0 Å². The molecule has 0 nitrogen and oxygen atoms in total. The first-order valence-corrected chi connectivity index (χ1v) is 6.97. The molecule has 0 heteroatoms. The molecule has 0 atom stereocenters. The van der Waals surface area contributed by atoms with Gasteiger partial charge in [-0.05, 0) is 23.3 Å². The lowest BCUT2D eigenvalue weighted by Gasteiger charge is -2.32. The van der Waals surface area contributed by atoms with E-state index in [0.717, 1.165) is 0 Å². The average Bonchev–Trinajstić information content (AvgIpc) is 2.35. The van der Waals surface area contributed by atoms with Gasteiger partial charge in [-0.15, -0.1) is 0 Å². The van der Waals surface area contributed by atoms with Crippen LogP contribution >= 0.6 is 0 Å². The molecule has 95 valence electrons. The van der Waals surface area contributed by atoms with Crippen LogP contribution in [0.25, 0.3) is 0 Å². The van der Waals surface area contributed by atoms with Crippen LogP contribution in [-0.4, -0.2) is 0 Å². The molecule has 0 N–H and O–H groups in total. The van der Waals surface area contributed by atoms with E-state index in [1.807, 2.05) is 0 Å². The summed E-state index contributed by atoms with van der Waals surface area (Å²) in [7, 11) is 0. The van der Waals surface area contributed by atoms with Gasteiger partial charge in [0, 0.05) is 0 Å². The highest BCUT2D eigenvalue weighted by Gasteiger charge is 2.27. The maximum Gasteiger partial charge on any atom is -0.00443 e. The molecule has 1 aromatic carbocycles. The third-order valence-corrected chi connectivity index (χ3v) is 3.97. The van der Waals surface area contributed by atoms with Crippen LogP contribution < -0.4 is 0 Å². The topological polar surface area (TPSA) is 0 Å². The molecule has 1 radical (unpaired) electrons. The van der Waals surface area contributed by atoms with Gasteiger partial charge in [0.15, 0.2) is 0 Å². The molecule has 0 saturated carbocycles. The summed E-state index contributed by atoms with van der Waals surface area (Å²) in [4.78, 5) is 0. The predicted molar refractivity (Wildman–Crippen MR) is 77.1 cm³/mol. The van der Waals surface area contributed by atoms with Crippen LogP contribution in [0.15, 0.2) is 30.3 Å². The molecule has 0 unspecified atom stereocenters. The summed E-state index contributed by atoms with van der Waals surface area (Å²) in [5.41, 5.74) is 1.65. The minimum atomic E-state index is 0.216. The average molecular weight is 231 g/mol. The highest BCUT2D eigenvalue weighted by atomic mass is 14.3. The Hall–Kier alpha value is -0.780. The van der Waals surface area contributed by atoms with E-state index >= 15 is 0 Å². The molecule has 0 aromatic heterocycles. The zero-order valence-corrected chi connectivity index (χ0v) is 11.9. The Morgan fingerprint density at radius 3 is 2.24 bits per heavy atom. The Bertz CT molecular complexity index is 297. The Balaban J connectivity index is 2.52. The van der Waals surface area contributed by atoms with Crippen molar-refractivity contribution in [3.05, 3.63) is 41.8 Å². The molecule has 0 bridgehead atoms. The monoisotopic (exact) mass is 231 g/mol. The van der Waals surface area contributed by atoms with Crippen LogP contribution in [0.4, 0.5) is 0 Å². The van der Waals surface area contributed by atoms with E-state index in [9.17, 15) is 0 Å². The van der Waals surface area contributed by atoms with Gasteiger partial charge in [0.25, 0.3) is 0 Å². The minimum Gasteiger partial charge on any atom is -0.0654 e. The largest absolute Gasteiger partial charge is 0.0654 e. The Labute approximate surface area is 107 Å². The first kappa shape index (κ1) is 14.3. The van der Waals surface area contributed by atoms with Crippen molar-refractivity contribution in [1.82, 2.24) is 0 Å². The second kappa shape index (κ2) is 6.83. The van der Waals surface area contributed by atoms with Crippen molar-refractivity contribution in [2.75, 3.05) is 0 Å². The second-order valence-corrected chi connectivity index (χ2v) is 5.58.